The molecule has 0 bridgehead atoms. The molecule has 1 heterocycles. The lowest BCUT2D eigenvalue weighted by Crippen LogP contribution is -2.17. The van der Waals surface area contributed by atoms with Gasteiger partial charge in [0.05, 0.1) is 12.8 Å². The molecule has 0 saturated carbocycles. The second-order valence-corrected chi connectivity index (χ2v) is 4.65. The molecule has 2 nitrogen and oxygen atoms in total. The molecule has 0 spiro atoms. The van der Waals surface area contributed by atoms with Crippen LogP contribution in [0.2, 0.25) is 0 Å². The fourth-order valence-corrected chi connectivity index (χ4v) is 1.80. The molecule has 1 N–H and O–H groups in total. The Morgan fingerprint density at radius 1 is 1.25 bits per heavy atom. The Labute approximate surface area is 104 Å². The Hall–Kier alpha value is -1.06. The lowest BCUT2D eigenvalue weighted by atomic mass is 10.1. The molecule has 1 atom stereocenters. The fourth-order valence-electron chi connectivity index (χ4n) is 1.54. The summed E-state index contributed by atoms with van der Waals surface area (Å²) in [5.74, 6) is 0.962. The molecular weight excluding hydrogens is 266 g/mol. The average Bonchev–Trinajstić information content (AvgIpc) is 2.80. The van der Waals surface area contributed by atoms with Gasteiger partial charge in [-0.05, 0) is 36.8 Å². The standard InChI is InChI=1S/C13H14BrNO/c1-10(11-4-6-12(14)7-5-11)15-9-13-3-2-8-16-13/h2-8,10,15H,9H2,1H3/t10-/m1/s1. The third kappa shape index (κ3) is 2.97. The first-order valence-corrected chi connectivity index (χ1v) is 6.06. The van der Waals surface area contributed by atoms with Gasteiger partial charge < -0.3 is 9.73 Å². The van der Waals surface area contributed by atoms with Crippen LogP contribution in [0.15, 0.2) is 51.6 Å². The van der Waals surface area contributed by atoms with E-state index in [1.807, 2.05) is 12.1 Å². The minimum absolute atomic E-state index is 0.318. The monoisotopic (exact) mass is 279 g/mol. The van der Waals surface area contributed by atoms with E-state index in [-0.39, 0.29) is 0 Å². The Morgan fingerprint density at radius 3 is 2.62 bits per heavy atom. The van der Waals surface area contributed by atoms with Gasteiger partial charge in [-0.15, -0.1) is 0 Å². The second kappa shape index (κ2) is 5.32. The molecule has 0 radical (unpaired) electrons. The van der Waals surface area contributed by atoms with Gasteiger partial charge in [-0.25, -0.2) is 0 Å². The van der Waals surface area contributed by atoms with Crippen LogP contribution >= 0.6 is 15.9 Å². The van der Waals surface area contributed by atoms with Crippen LogP contribution in [-0.2, 0) is 6.54 Å². The van der Waals surface area contributed by atoms with E-state index in [0.717, 1.165) is 16.8 Å². The summed E-state index contributed by atoms with van der Waals surface area (Å²) in [5.41, 5.74) is 1.27. The zero-order chi connectivity index (χ0) is 11.4. The molecule has 1 aromatic carbocycles. The quantitative estimate of drug-likeness (QED) is 0.919. The summed E-state index contributed by atoms with van der Waals surface area (Å²) in [6, 6.07) is 12.5. The van der Waals surface area contributed by atoms with Crippen molar-refractivity contribution in [1.82, 2.24) is 5.32 Å². The number of furan rings is 1. The van der Waals surface area contributed by atoms with E-state index >= 15 is 0 Å². The van der Waals surface area contributed by atoms with Crippen LogP contribution in [0.4, 0.5) is 0 Å². The van der Waals surface area contributed by atoms with Crippen molar-refractivity contribution in [3.63, 3.8) is 0 Å². The summed E-state index contributed by atoms with van der Waals surface area (Å²) in [5, 5.41) is 3.41. The highest BCUT2D eigenvalue weighted by atomic mass is 79.9. The molecule has 0 saturated heterocycles. The zero-order valence-electron chi connectivity index (χ0n) is 9.11. The molecule has 0 aliphatic rings. The van der Waals surface area contributed by atoms with Gasteiger partial charge >= 0.3 is 0 Å². The van der Waals surface area contributed by atoms with E-state index < -0.39 is 0 Å². The first-order chi connectivity index (χ1) is 7.75. The summed E-state index contributed by atoms with van der Waals surface area (Å²) in [4.78, 5) is 0. The number of nitrogens with one attached hydrogen (secondary N) is 1. The van der Waals surface area contributed by atoms with Crippen LogP contribution in [0.3, 0.4) is 0 Å². The van der Waals surface area contributed by atoms with Crippen molar-refractivity contribution < 1.29 is 4.42 Å². The van der Waals surface area contributed by atoms with Gasteiger partial charge in [0.1, 0.15) is 5.76 Å². The summed E-state index contributed by atoms with van der Waals surface area (Å²) >= 11 is 3.43. The zero-order valence-corrected chi connectivity index (χ0v) is 10.7. The van der Waals surface area contributed by atoms with E-state index in [0.29, 0.717) is 6.04 Å². The molecule has 0 amide bonds. The van der Waals surface area contributed by atoms with Gasteiger partial charge in [0.25, 0.3) is 0 Å². The van der Waals surface area contributed by atoms with Crippen LogP contribution in [-0.4, -0.2) is 0 Å². The van der Waals surface area contributed by atoms with Crippen molar-refractivity contribution in [2.24, 2.45) is 0 Å². The molecule has 2 rings (SSSR count). The van der Waals surface area contributed by atoms with Gasteiger partial charge in [-0.1, -0.05) is 28.1 Å². The van der Waals surface area contributed by atoms with E-state index in [4.69, 9.17) is 4.42 Å². The van der Waals surface area contributed by atoms with E-state index in [1.165, 1.54) is 5.56 Å². The maximum Gasteiger partial charge on any atom is 0.117 e. The summed E-state index contributed by atoms with van der Waals surface area (Å²) in [6.45, 7) is 2.90. The molecule has 16 heavy (non-hydrogen) atoms. The van der Waals surface area contributed by atoms with Gasteiger partial charge in [-0.2, -0.15) is 0 Å². The summed E-state index contributed by atoms with van der Waals surface area (Å²) in [7, 11) is 0. The lowest BCUT2D eigenvalue weighted by molar-refractivity contribution is 0.460. The molecule has 0 aliphatic heterocycles. The minimum atomic E-state index is 0.318. The third-order valence-corrected chi connectivity index (χ3v) is 3.06. The maximum atomic E-state index is 5.27. The molecule has 2 aromatic rings. The molecular formula is C13H14BrNO. The van der Waals surface area contributed by atoms with Crippen molar-refractivity contribution in [3.8, 4) is 0 Å². The van der Waals surface area contributed by atoms with Crippen molar-refractivity contribution in [2.45, 2.75) is 19.5 Å². The topological polar surface area (TPSA) is 25.2 Å². The van der Waals surface area contributed by atoms with Crippen LogP contribution in [0.1, 0.15) is 24.3 Å². The van der Waals surface area contributed by atoms with Crippen molar-refractivity contribution in [3.05, 3.63) is 58.5 Å². The molecule has 0 aliphatic carbocycles. The summed E-state index contributed by atoms with van der Waals surface area (Å²) in [6.07, 6.45) is 1.70. The van der Waals surface area contributed by atoms with Crippen molar-refractivity contribution in [1.29, 1.82) is 0 Å². The first kappa shape index (κ1) is 11.4. The van der Waals surface area contributed by atoms with E-state index in [9.17, 15) is 0 Å². The normalized spacial score (nSPS) is 12.6. The van der Waals surface area contributed by atoms with Crippen molar-refractivity contribution >= 4 is 15.9 Å². The fraction of sp³-hybridized carbons (Fsp3) is 0.231. The predicted molar refractivity (Wildman–Crippen MR) is 68.1 cm³/mol. The lowest BCUT2D eigenvalue weighted by Gasteiger charge is -2.13. The number of hydrogen-bond acceptors (Lipinski definition) is 2. The van der Waals surface area contributed by atoms with Gasteiger partial charge in [0.15, 0.2) is 0 Å². The molecule has 0 fully saturated rings. The Bertz CT molecular complexity index is 422. The van der Waals surface area contributed by atoms with E-state index in [2.05, 4.69) is 52.4 Å². The number of halogens is 1. The van der Waals surface area contributed by atoms with Gasteiger partial charge in [-0.3, -0.25) is 0 Å². The molecule has 1 aromatic heterocycles. The SMILES string of the molecule is C[C@@H](NCc1ccco1)c1ccc(Br)cc1. The van der Waals surface area contributed by atoms with Gasteiger partial charge in [0, 0.05) is 10.5 Å². The number of benzene rings is 1. The highest BCUT2D eigenvalue weighted by molar-refractivity contribution is 9.10. The second-order valence-electron chi connectivity index (χ2n) is 3.73. The average molecular weight is 280 g/mol. The minimum Gasteiger partial charge on any atom is -0.468 e. The molecule has 3 heteroatoms. The van der Waals surface area contributed by atoms with Crippen LogP contribution in [0, 0.1) is 0 Å². The van der Waals surface area contributed by atoms with E-state index in [1.54, 1.807) is 6.26 Å². The maximum absolute atomic E-state index is 5.27. The van der Waals surface area contributed by atoms with Crippen molar-refractivity contribution in [2.75, 3.05) is 0 Å². The molecule has 0 unspecified atom stereocenters. The largest absolute Gasteiger partial charge is 0.468 e. The predicted octanol–water partition coefficient (Wildman–Crippen LogP) is 3.89. The highest BCUT2D eigenvalue weighted by Crippen LogP contribution is 2.16. The number of rotatable bonds is 4. The first-order valence-electron chi connectivity index (χ1n) is 5.27. The summed E-state index contributed by atoms with van der Waals surface area (Å²) < 4.78 is 6.37. The Kier molecular flexibility index (Phi) is 3.80. The Morgan fingerprint density at radius 2 is 2.00 bits per heavy atom. The highest BCUT2D eigenvalue weighted by Gasteiger charge is 2.05. The smallest absolute Gasteiger partial charge is 0.117 e. The Balaban J connectivity index is 1.93. The van der Waals surface area contributed by atoms with Crippen LogP contribution in [0.25, 0.3) is 0 Å². The number of hydrogen-bond donors (Lipinski definition) is 1. The van der Waals surface area contributed by atoms with Gasteiger partial charge in [0.2, 0.25) is 0 Å². The molecule has 84 valence electrons. The third-order valence-electron chi connectivity index (χ3n) is 2.53. The van der Waals surface area contributed by atoms with Crippen LogP contribution < -0.4 is 5.32 Å². The van der Waals surface area contributed by atoms with Crippen LogP contribution in [0.5, 0.6) is 0 Å².